The number of rotatable bonds is 4. The zero-order valence-electron chi connectivity index (χ0n) is 14.8. The number of anilines is 1. The number of phenols is 1. The molecule has 2 rings (SSSR count). The summed E-state index contributed by atoms with van der Waals surface area (Å²) in [6, 6.07) is 4.75. The Labute approximate surface area is 143 Å². The van der Waals surface area contributed by atoms with Crippen LogP contribution >= 0.6 is 0 Å². The van der Waals surface area contributed by atoms with Gasteiger partial charge in [0.2, 0.25) is 5.91 Å². The smallest absolute Gasteiger partial charge is 0.492 e. The molecule has 1 amide bonds. The molecular formula is C17H25BN2O4. The minimum atomic E-state index is -0.588. The number of carbonyl (C=O) groups excluding carboxylic acids is 1. The third-order valence-corrected chi connectivity index (χ3v) is 4.51. The van der Waals surface area contributed by atoms with Crippen molar-refractivity contribution < 1.29 is 19.2 Å². The highest BCUT2D eigenvalue weighted by atomic mass is 16.7. The van der Waals surface area contributed by atoms with Crippen molar-refractivity contribution in [1.29, 1.82) is 0 Å². The first-order valence-corrected chi connectivity index (χ1v) is 7.91. The molecule has 0 atom stereocenters. The van der Waals surface area contributed by atoms with Crippen LogP contribution in [0.25, 0.3) is 6.08 Å². The van der Waals surface area contributed by atoms with Crippen LogP contribution in [0.15, 0.2) is 23.7 Å². The average Bonchev–Trinajstić information content (AvgIpc) is 2.65. The SMILES string of the molecule is CC(=O)NCC(=Cc1ccc(O)cc1N)B1OC(C)(C)C(C)(C)O1. The lowest BCUT2D eigenvalue weighted by atomic mass is 9.76. The first-order chi connectivity index (χ1) is 11.0. The molecule has 7 heteroatoms. The van der Waals surface area contributed by atoms with Gasteiger partial charge in [-0.15, -0.1) is 0 Å². The molecule has 6 nitrogen and oxygen atoms in total. The molecule has 0 saturated carbocycles. The van der Waals surface area contributed by atoms with Gasteiger partial charge in [0.1, 0.15) is 5.75 Å². The van der Waals surface area contributed by atoms with Crippen LogP contribution in [0.2, 0.25) is 0 Å². The van der Waals surface area contributed by atoms with E-state index >= 15 is 0 Å². The molecule has 4 N–H and O–H groups in total. The maximum absolute atomic E-state index is 11.3. The van der Waals surface area contributed by atoms with Gasteiger partial charge in [-0.2, -0.15) is 0 Å². The molecule has 0 aliphatic carbocycles. The van der Waals surface area contributed by atoms with Crippen LogP contribution in [0.5, 0.6) is 5.75 Å². The van der Waals surface area contributed by atoms with Crippen molar-refractivity contribution in [3.63, 3.8) is 0 Å². The van der Waals surface area contributed by atoms with E-state index in [0.717, 1.165) is 11.0 Å². The molecule has 1 aliphatic rings. The van der Waals surface area contributed by atoms with E-state index in [2.05, 4.69) is 5.32 Å². The van der Waals surface area contributed by atoms with E-state index in [9.17, 15) is 9.90 Å². The third-order valence-electron chi connectivity index (χ3n) is 4.51. The number of nitrogen functional groups attached to an aromatic ring is 1. The van der Waals surface area contributed by atoms with Crippen LogP contribution in [-0.4, -0.2) is 35.9 Å². The normalized spacial score (nSPS) is 19.4. The first-order valence-electron chi connectivity index (χ1n) is 7.91. The quantitative estimate of drug-likeness (QED) is 0.580. The van der Waals surface area contributed by atoms with Gasteiger partial charge >= 0.3 is 7.12 Å². The Morgan fingerprint density at radius 2 is 1.88 bits per heavy atom. The van der Waals surface area contributed by atoms with Gasteiger partial charge in [-0.3, -0.25) is 4.79 Å². The summed E-state index contributed by atoms with van der Waals surface area (Å²) in [5.74, 6) is -0.0419. The molecule has 0 unspecified atom stereocenters. The summed E-state index contributed by atoms with van der Waals surface area (Å²) in [7, 11) is -0.588. The molecular weight excluding hydrogens is 307 g/mol. The highest BCUT2D eigenvalue weighted by Crippen LogP contribution is 2.39. The summed E-state index contributed by atoms with van der Waals surface area (Å²) < 4.78 is 12.1. The number of nitrogens with one attached hydrogen (secondary N) is 1. The number of benzene rings is 1. The number of aromatic hydroxyl groups is 1. The maximum Gasteiger partial charge on any atom is 0.492 e. The van der Waals surface area contributed by atoms with E-state index in [1.165, 1.54) is 13.0 Å². The Morgan fingerprint density at radius 1 is 1.29 bits per heavy atom. The zero-order chi connectivity index (χ0) is 18.1. The highest BCUT2D eigenvalue weighted by Gasteiger charge is 2.52. The minimum absolute atomic E-state index is 0.101. The third kappa shape index (κ3) is 3.91. The molecule has 0 aromatic heterocycles. The highest BCUT2D eigenvalue weighted by molar-refractivity contribution is 6.56. The Hall–Kier alpha value is -1.99. The predicted octanol–water partition coefficient (Wildman–Crippen LogP) is 2.13. The van der Waals surface area contributed by atoms with Crippen LogP contribution in [0.3, 0.4) is 0 Å². The number of hydrogen-bond acceptors (Lipinski definition) is 5. The molecule has 1 aromatic carbocycles. The Bertz CT molecular complexity index is 655. The summed E-state index contributed by atoms with van der Waals surface area (Å²) in [5.41, 5.74) is 6.91. The summed E-state index contributed by atoms with van der Waals surface area (Å²) >= 11 is 0. The monoisotopic (exact) mass is 332 g/mol. The van der Waals surface area contributed by atoms with Crippen molar-refractivity contribution in [3.8, 4) is 5.75 Å². The van der Waals surface area contributed by atoms with E-state index < -0.39 is 18.3 Å². The number of phenolic OH excluding ortho intramolecular Hbond substituents is 1. The lowest BCUT2D eigenvalue weighted by Crippen LogP contribution is -2.41. The van der Waals surface area contributed by atoms with Crippen LogP contribution in [0, 0.1) is 0 Å². The van der Waals surface area contributed by atoms with Crippen molar-refractivity contribution in [2.24, 2.45) is 0 Å². The number of amides is 1. The van der Waals surface area contributed by atoms with Crippen LogP contribution in [-0.2, 0) is 14.1 Å². The number of hydrogen-bond donors (Lipinski definition) is 3. The van der Waals surface area contributed by atoms with Crippen molar-refractivity contribution in [3.05, 3.63) is 29.2 Å². The molecule has 1 saturated heterocycles. The summed E-state index contributed by atoms with van der Waals surface area (Å²) in [4.78, 5) is 11.3. The van der Waals surface area contributed by atoms with Crippen LogP contribution in [0.1, 0.15) is 40.2 Å². The zero-order valence-corrected chi connectivity index (χ0v) is 14.8. The number of carbonyl (C=O) groups is 1. The van der Waals surface area contributed by atoms with Gasteiger partial charge in [-0.05, 0) is 50.9 Å². The van der Waals surface area contributed by atoms with Gasteiger partial charge in [0.05, 0.1) is 11.2 Å². The van der Waals surface area contributed by atoms with Gasteiger partial charge < -0.3 is 25.5 Å². The Kier molecular flexibility index (Phi) is 4.96. The topological polar surface area (TPSA) is 93.8 Å². The lowest BCUT2D eigenvalue weighted by molar-refractivity contribution is -0.118. The van der Waals surface area contributed by atoms with Gasteiger partial charge in [-0.25, -0.2) is 0 Å². The second-order valence-electron chi connectivity index (χ2n) is 7.03. The molecule has 130 valence electrons. The summed E-state index contributed by atoms with van der Waals surface area (Å²) in [5, 5.41) is 12.3. The van der Waals surface area contributed by atoms with Crippen molar-refractivity contribution >= 4 is 24.8 Å². The standard InChI is InChI=1S/C17H25BN2O4/c1-11(21)20-10-13(8-12-6-7-14(22)9-15(12)19)18-23-16(2,3)17(4,5)24-18/h6-9,22H,10,19H2,1-5H3,(H,20,21). The van der Waals surface area contributed by atoms with Crippen LogP contribution < -0.4 is 11.1 Å². The van der Waals surface area contributed by atoms with E-state index in [4.69, 9.17) is 15.0 Å². The molecule has 1 aliphatic heterocycles. The maximum atomic E-state index is 11.3. The van der Waals surface area contributed by atoms with Crippen LogP contribution in [0.4, 0.5) is 5.69 Å². The van der Waals surface area contributed by atoms with Crippen molar-refractivity contribution in [2.45, 2.75) is 45.8 Å². The molecule has 0 radical (unpaired) electrons. The van der Waals surface area contributed by atoms with Gasteiger partial charge in [0.25, 0.3) is 0 Å². The fourth-order valence-electron chi connectivity index (χ4n) is 2.32. The summed E-state index contributed by atoms with van der Waals surface area (Å²) in [6.45, 7) is 9.62. The Balaban J connectivity index is 2.35. The predicted molar refractivity (Wildman–Crippen MR) is 95.3 cm³/mol. The first kappa shape index (κ1) is 18.4. The molecule has 1 fully saturated rings. The second-order valence-corrected chi connectivity index (χ2v) is 7.03. The van der Waals surface area contributed by atoms with Gasteiger partial charge in [-0.1, -0.05) is 6.08 Å². The van der Waals surface area contributed by atoms with E-state index in [-0.39, 0.29) is 18.2 Å². The van der Waals surface area contributed by atoms with Crippen molar-refractivity contribution in [1.82, 2.24) is 5.32 Å². The van der Waals surface area contributed by atoms with E-state index in [0.29, 0.717) is 5.69 Å². The summed E-state index contributed by atoms with van der Waals surface area (Å²) in [6.07, 6.45) is 1.83. The fourth-order valence-corrected chi connectivity index (χ4v) is 2.32. The molecule has 0 bridgehead atoms. The Morgan fingerprint density at radius 3 is 2.38 bits per heavy atom. The molecule has 1 aromatic rings. The molecule has 0 spiro atoms. The van der Waals surface area contributed by atoms with E-state index in [1.807, 2.05) is 33.8 Å². The minimum Gasteiger partial charge on any atom is -0.508 e. The van der Waals surface area contributed by atoms with Gasteiger partial charge in [0, 0.05) is 25.2 Å². The van der Waals surface area contributed by atoms with Gasteiger partial charge in [0.15, 0.2) is 0 Å². The second kappa shape index (κ2) is 6.49. The fraction of sp³-hybridized carbons (Fsp3) is 0.471. The largest absolute Gasteiger partial charge is 0.508 e. The number of nitrogens with two attached hydrogens (primary N) is 1. The molecule has 1 heterocycles. The van der Waals surface area contributed by atoms with Crippen molar-refractivity contribution in [2.75, 3.05) is 12.3 Å². The lowest BCUT2D eigenvalue weighted by Gasteiger charge is -2.32. The van der Waals surface area contributed by atoms with E-state index in [1.54, 1.807) is 12.1 Å². The average molecular weight is 332 g/mol. The molecule has 24 heavy (non-hydrogen) atoms.